The summed E-state index contributed by atoms with van der Waals surface area (Å²) in [6, 6.07) is 6.09. The van der Waals surface area contributed by atoms with Gasteiger partial charge in [-0.15, -0.1) is 11.3 Å². The standard InChI is InChI=1S/C13H14N4S/c1-8-3-4-11-10(5-8)16-13(18-11)12(14)9-6-15-17(2)7-9/h3-7,12H,14H2,1-2H3. The maximum atomic E-state index is 6.23. The molecule has 0 fully saturated rings. The lowest BCUT2D eigenvalue weighted by atomic mass is 10.2. The van der Waals surface area contributed by atoms with Crippen LogP contribution in [0, 0.1) is 6.92 Å². The number of aryl methyl sites for hydroxylation is 2. The second-order valence-electron chi connectivity index (χ2n) is 4.45. The topological polar surface area (TPSA) is 56.7 Å². The minimum atomic E-state index is -0.198. The van der Waals surface area contributed by atoms with Gasteiger partial charge in [0.2, 0.25) is 0 Å². The lowest BCUT2D eigenvalue weighted by Gasteiger charge is -2.03. The molecule has 0 aliphatic heterocycles. The third-order valence-electron chi connectivity index (χ3n) is 2.91. The second-order valence-corrected chi connectivity index (χ2v) is 5.51. The van der Waals surface area contributed by atoms with Gasteiger partial charge >= 0.3 is 0 Å². The molecule has 1 unspecified atom stereocenters. The van der Waals surface area contributed by atoms with Crippen LogP contribution in [0.1, 0.15) is 22.2 Å². The van der Waals surface area contributed by atoms with E-state index in [0.717, 1.165) is 16.1 Å². The molecule has 1 atom stereocenters. The van der Waals surface area contributed by atoms with Crippen molar-refractivity contribution in [2.24, 2.45) is 12.8 Å². The summed E-state index contributed by atoms with van der Waals surface area (Å²) in [5, 5.41) is 5.08. The molecule has 2 N–H and O–H groups in total. The first-order valence-electron chi connectivity index (χ1n) is 5.75. The van der Waals surface area contributed by atoms with Gasteiger partial charge in [-0.1, -0.05) is 6.07 Å². The first kappa shape index (κ1) is 11.4. The molecule has 0 saturated carbocycles. The van der Waals surface area contributed by atoms with E-state index >= 15 is 0 Å². The predicted molar refractivity (Wildman–Crippen MR) is 73.6 cm³/mol. The van der Waals surface area contributed by atoms with E-state index in [-0.39, 0.29) is 6.04 Å². The number of aromatic nitrogens is 3. The molecule has 0 aliphatic carbocycles. The van der Waals surface area contributed by atoms with Gasteiger partial charge in [-0.25, -0.2) is 4.98 Å². The highest BCUT2D eigenvalue weighted by Crippen LogP contribution is 2.29. The summed E-state index contributed by atoms with van der Waals surface area (Å²) in [4.78, 5) is 4.62. The van der Waals surface area contributed by atoms with Gasteiger partial charge in [-0.2, -0.15) is 5.10 Å². The van der Waals surface area contributed by atoms with Crippen molar-refractivity contribution in [1.29, 1.82) is 0 Å². The molecule has 92 valence electrons. The lowest BCUT2D eigenvalue weighted by molar-refractivity contribution is 0.765. The van der Waals surface area contributed by atoms with Gasteiger partial charge in [-0.05, 0) is 24.6 Å². The molecule has 1 aromatic carbocycles. The van der Waals surface area contributed by atoms with Crippen molar-refractivity contribution in [2.75, 3.05) is 0 Å². The van der Waals surface area contributed by atoms with Gasteiger partial charge in [0.15, 0.2) is 0 Å². The fraction of sp³-hybridized carbons (Fsp3) is 0.231. The molecule has 5 heteroatoms. The molecular formula is C13H14N4S. The minimum Gasteiger partial charge on any atom is -0.318 e. The largest absolute Gasteiger partial charge is 0.318 e. The molecule has 4 nitrogen and oxygen atoms in total. The smallest absolute Gasteiger partial charge is 0.115 e. The zero-order valence-corrected chi connectivity index (χ0v) is 11.1. The van der Waals surface area contributed by atoms with E-state index in [0.29, 0.717) is 0 Å². The van der Waals surface area contributed by atoms with Crippen molar-refractivity contribution in [3.63, 3.8) is 0 Å². The van der Waals surface area contributed by atoms with Crippen LogP contribution in [0.25, 0.3) is 10.2 Å². The summed E-state index contributed by atoms with van der Waals surface area (Å²) < 4.78 is 2.93. The number of thiazole rings is 1. The van der Waals surface area contributed by atoms with Crippen LogP contribution in [0.2, 0.25) is 0 Å². The Kier molecular flexibility index (Phi) is 2.65. The molecular weight excluding hydrogens is 244 g/mol. The molecule has 0 saturated heterocycles. The van der Waals surface area contributed by atoms with E-state index in [1.165, 1.54) is 10.3 Å². The van der Waals surface area contributed by atoms with Gasteiger partial charge in [0.25, 0.3) is 0 Å². The monoisotopic (exact) mass is 258 g/mol. The Morgan fingerprint density at radius 3 is 2.94 bits per heavy atom. The van der Waals surface area contributed by atoms with Gasteiger partial charge in [0.1, 0.15) is 5.01 Å². The highest BCUT2D eigenvalue weighted by atomic mass is 32.1. The van der Waals surface area contributed by atoms with Gasteiger partial charge in [-0.3, -0.25) is 4.68 Å². The average Bonchev–Trinajstić information content (AvgIpc) is 2.93. The number of hydrogen-bond acceptors (Lipinski definition) is 4. The van der Waals surface area contributed by atoms with Crippen LogP contribution in [-0.4, -0.2) is 14.8 Å². The quantitative estimate of drug-likeness (QED) is 0.768. The van der Waals surface area contributed by atoms with Crippen LogP contribution < -0.4 is 5.73 Å². The SMILES string of the molecule is Cc1ccc2sc(C(N)c3cnn(C)c3)nc2c1. The van der Waals surface area contributed by atoms with E-state index < -0.39 is 0 Å². The van der Waals surface area contributed by atoms with E-state index in [1.807, 2.05) is 13.2 Å². The summed E-state index contributed by atoms with van der Waals surface area (Å²) in [7, 11) is 1.89. The fourth-order valence-corrected chi connectivity index (χ4v) is 2.91. The van der Waals surface area contributed by atoms with Crippen LogP contribution in [0.4, 0.5) is 0 Å². The Bertz CT molecular complexity index is 698. The normalized spacial score (nSPS) is 13.1. The first-order chi connectivity index (χ1) is 8.63. The third kappa shape index (κ3) is 1.91. The van der Waals surface area contributed by atoms with Gasteiger partial charge in [0, 0.05) is 18.8 Å². The summed E-state index contributed by atoms with van der Waals surface area (Å²) in [5.41, 5.74) is 9.46. The summed E-state index contributed by atoms with van der Waals surface area (Å²) in [6.45, 7) is 2.07. The Morgan fingerprint density at radius 1 is 1.39 bits per heavy atom. The molecule has 0 spiro atoms. The van der Waals surface area contributed by atoms with E-state index in [4.69, 9.17) is 5.73 Å². The summed E-state index contributed by atoms with van der Waals surface area (Å²) in [6.07, 6.45) is 3.73. The van der Waals surface area contributed by atoms with Crippen molar-refractivity contribution in [2.45, 2.75) is 13.0 Å². The summed E-state index contributed by atoms with van der Waals surface area (Å²) in [5.74, 6) is 0. The minimum absolute atomic E-state index is 0.198. The van der Waals surface area contributed by atoms with Crippen LogP contribution in [-0.2, 0) is 7.05 Å². The van der Waals surface area contributed by atoms with Crippen LogP contribution >= 0.6 is 11.3 Å². The molecule has 0 bridgehead atoms. The van der Waals surface area contributed by atoms with Crippen molar-refractivity contribution in [3.05, 3.63) is 46.7 Å². The first-order valence-corrected chi connectivity index (χ1v) is 6.56. The number of benzene rings is 1. The van der Waals surface area contributed by atoms with Crippen LogP contribution in [0.15, 0.2) is 30.6 Å². The van der Waals surface area contributed by atoms with E-state index in [9.17, 15) is 0 Å². The molecule has 18 heavy (non-hydrogen) atoms. The molecule has 0 amide bonds. The Labute approximate surface area is 109 Å². The zero-order chi connectivity index (χ0) is 12.7. The van der Waals surface area contributed by atoms with Crippen molar-refractivity contribution >= 4 is 21.6 Å². The molecule has 2 heterocycles. The van der Waals surface area contributed by atoms with Crippen LogP contribution in [0.3, 0.4) is 0 Å². The predicted octanol–water partition coefficient (Wildman–Crippen LogP) is 2.39. The van der Waals surface area contributed by atoms with E-state index in [1.54, 1.807) is 22.2 Å². The molecule has 3 aromatic rings. The number of rotatable bonds is 2. The number of nitrogens with two attached hydrogens (primary N) is 1. The van der Waals surface area contributed by atoms with Crippen LogP contribution in [0.5, 0.6) is 0 Å². The molecule has 0 aliphatic rings. The second kappa shape index (κ2) is 4.19. The fourth-order valence-electron chi connectivity index (χ4n) is 1.93. The Morgan fingerprint density at radius 2 is 2.22 bits per heavy atom. The van der Waals surface area contributed by atoms with Crippen molar-refractivity contribution < 1.29 is 0 Å². The molecule has 3 rings (SSSR count). The van der Waals surface area contributed by atoms with Gasteiger partial charge in [0.05, 0.1) is 22.5 Å². The number of fused-ring (bicyclic) bond motifs is 1. The van der Waals surface area contributed by atoms with Crippen molar-refractivity contribution in [3.8, 4) is 0 Å². The maximum absolute atomic E-state index is 6.23. The average molecular weight is 258 g/mol. The Balaban J connectivity index is 2.03. The molecule has 0 radical (unpaired) electrons. The number of hydrogen-bond donors (Lipinski definition) is 1. The van der Waals surface area contributed by atoms with Crippen molar-refractivity contribution in [1.82, 2.24) is 14.8 Å². The summed E-state index contributed by atoms with van der Waals surface area (Å²) >= 11 is 1.65. The molecule has 2 aromatic heterocycles. The third-order valence-corrected chi connectivity index (χ3v) is 4.03. The Hall–Kier alpha value is -1.72. The zero-order valence-electron chi connectivity index (χ0n) is 10.3. The highest BCUT2D eigenvalue weighted by Gasteiger charge is 2.15. The van der Waals surface area contributed by atoms with E-state index in [2.05, 4.69) is 35.2 Å². The number of nitrogens with zero attached hydrogens (tertiary/aromatic N) is 3. The maximum Gasteiger partial charge on any atom is 0.115 e. The van der Waals surface area contributed by atoms with Gasteiger partial charge < -0.3 is 5.73 Å². The highest BCUT2D eigenvalue weighted by molar-refractivity contribution is 7.18. The lowest BCUT2D eigenvalue weighted by Crippen LogP contribution is -2.10.